The average Bonchev–Trinajstić information content (AvgIpc) is 2.67. The van der Waals surface area contributed by atoms with E-state index in [1.807, 2.05) is 30.3 Å². The Bertz CT molecular complexity index is 1050. The first-order valence-electron chi connectivity index (χ1n) is 9.68. The third-order valence-electron chi connectivity index (χ3n) is 5.59. The second-order valence-electron chi connectivity index (χ2n) is 7.59. The molecule has 0 radical (unpaired) electrons. The summed E-state index contributed by atoms with van der Waals surface area (Å²) >= 11 is 0. The lowest BCUT2D eigenvalue weighted by atomic mass is 9.73. The number of hydrogen-bond donors (Lipinski definition) is 1. The fraction of sp³-hybridized carbons (Fsp3) is 0.304. The molecule has 4 nitrogen and oxygen atoms in total. The lowest BCUT2D eigenvalue weighted by Crippen LogP contribution is -2.71. The molecule has 148 valence electrons. The van der Waals surface area contributed by atoms with Crippen LogP contribution in [0.3, 0.4) is 0 Å². The molecular weight excluding hydrogens is 370 g/mol. The summed E-state index contributed by atoms with van der Waals surface area (Å²) < 4.78 is 33.3. The summed E-state index contributed by atoms with van der Waals surface area (Å²) in [6.45, 7) is 4.30. The summed E-state index contributed by atoms with van der Waals surface area (Å²) in [6, 6.07) is 22.8. The van der Waals surface area contributed by atoms with E-state index in [-0.39, 0.29) is 11.2 Å². The van der Waals surface area contributed by atoms with Crippen molar-refractivity contribution in [3.63, 3.8) is 0 Å². The van der Waals surface area contributed by atoms with Gasteiger partial charge in [0.05, 0.1) is 10.1 Å². The second-order valence-corrected chi connectivity index (χ2v) is 9.11. The molecule has 0 aliphatic rings. The van der Waals surface area contributed by atoms with E-state index in [0.717, 1.165) is 17.8 Å². The minimum Gasteiger partial charge on any atom is -0.748 e. The predicted molar refractivity (Wildman–Crippen MR) is 113 cm³/mol. The van der Waals surface area contributed by atoms with Crippen LogP contribution in [0.15, 0.2) is 66.7 Å². The molecule has 0 aliphatic carbocycles. The van der Waals surface area contributed by atoms with Crippen LogP contribution in [0.5, 0.6) is 0 Å². The van der Waals surface area contributed by atoms with Gasteiger partial charge in [0.1, 0.15) is 11.4 Å². The monoisotopic (exact) mass is 397 g/mol. The van der Waals surface area contributed by atoms with Gasteiger partial charge in [-0.2, -0.15) is 0 Å². The molecule has 28 heavy (non-hydrogen) atoms. The molecule has 3 aromatic carbocycles. The quantitative estimate of drug-likeness (QED) is 0.453. The number of quaternary nitrogens is 1. The third-order valence-corrected chi connectivity index (χ3v) is 6.38. The minimum atomic E-state index is -4.20. The largest absolute Gasteiger partial charge is 0.748 e. The van der Waals surface area contributed by atoms with Crippen LogP contribution in [0.2, 0.25) is 0 Å². The molecule has 0 bridgehead atoms. The normalized spacial score (nSPS) is 14.1. The molecular formula is C23H27NO3S. The van der Waals surface area contributed by atoms with Gasteiger partial charge in [0.2, 0.25) is 0 Å². The van der Waals surface area contributed by atoms with Crippen molar-refractivity contribution >= 4 is 32.3 Å². The number of nitrogens with two attached hydrogens (primary N) is 1. The lowest BCUT2D eigenvalue weighted by Gasteiger charge is -2.31. The van der Waals surface area contributed by atoms with Crippen molar-refractivity contribution in [3.05, 3.63) is 72.3 Å². The van der Waals surface area contributed by atoms with Crippen molar-refractivity contribution in [3.8, 4) is 0 Å². The molecule has 0 saturated heterocycles. The number of para-hydroxylation sites is 1. The Labute approximate surface area is 167 Å². The Kier molecular flexibility index (Phi) is 6.18. The second kappa shape index (κ2) is 8.43. The van der Waals surface area contributed by atoms with Crippen molar-refractivity contribution in [2.45, 2.75) is 38.5 Å². The number of hydrogen-bond acceptors (Lipinski definition) is 3. The van der Waals surface area contributed by atoms with Gasteiger partial charge in [-0.15, -0.1) is 0 Å². The first-order valence-corrected chi connectivity index (χ1v) is 11.3. The van der Waals surface area contributed by atoms with Crippen molar-refractivity contribution in [1.82, 2.24) is 0 Å². The maximum atomic E-state index is 11.1. The van der Waals surface area contributed by atoms with Gasteiger partial charge in [-0.3, -0.25) is 5.32 Å². The summed E-state index contributed by atoms with van der Waals surface area (Å²) in [7, 11) is -4.20. The highest BCUT2D eigenvalue weighted by molar-refractivity contribution is 7.85. The van der Waals surface area contributed by atoms with Crippen molar-refractivity contribution in [2.24, 2.45) is 0 Å². The van der Waals surface area contributed by atoms with Crippen LogP contribution in [0.1, 0.15) is 38.7 Å². The third kappa shape index (κ3) is 4.79. The Hall–Kier alpha value is -2.21. The Morgan fingerprint density at radius 1 is 0.964 bits per heavy atom. The van der Waals surface area contributed by atoms with E-state index in [1.54, 1.807) is 0 Å². The Morgan fingerprint density at radius 2 is 1.64 bits per heavy atom. The molecule has 5 heteroatoms. The van der Waals surface area contributed by atoms with E-state index in [2.05, 4.69) is 55.6 Å². The molecule has 0 aliphatic heterocycles. The van der Waals surface area contributed by atoms with Crippen LogP contribution >= 0.6 is 0 Å². The fourth-order valence-electron chi connectivity index (χ4n) is 3.93. The maximum Gasteiger partial charge on any atom is 0.139 e. The van der Waals surface area contributed by atoms with Gasteiger partial charge in [0, 0.05) is 17.4 Å². The molecule has 1 atom stereocenters. The summed E-state index contributed by atoms with van der Waals surface area (Å²) in [4.78, 5) is 0. The molecule has 0 heterocycles. The molecule has 1 unspecified atom stereocenters. The van der Waals surface area contributed by atoms with Gasteiger partial charge >= 0.3 is 0 Å². The highest BCUT2D eigenvalue weighted by Crippen LogP contribution is 2.40. The number of fused-ring (bicyclic) bond motifs is 1. The zero-order chi connectivity index (χ0) is 20.2. The average molecular weight is 398 g/mol. The van der Waals surface area contributed by atoms with Crippen molar-refractivity contribution in [1.29, 1.82) is 0 Å². The first-order chi connectivity index (χ1) is 13.3. The van der Waals surface area contributed by atoms with Gasteiger partial charge in [-0.1, -0.05) is 56.3 Å². The van der Waals surface area contributed by atoms with Gasteiger partial charge in [-0.25, -0.2) is 8.42 Å². The van der Waals surface area contributed by atoms with E-state index < -0.39 is 10.1 Å². The molecule has 0 aromatic heterocycles. The topological polar surface area (TPSA) is 73.8 Å². The summed E-state index contributed by atoms with van der Waals surface area (Å²) in [5.41, 5.74) is 3.26. The van der Waals surface area contributed by atoms with E-state index in [9.17, 15) is 13.0 Å². The smallest absolute Gasteiger partial charge is 0.139 e. The standard InChI is InChI=1S/C23H27NO3S/c1-3-23(2,16-9-17-28(25,26)27)22-20-13-8-7-10-18(20)14-15-21(22)24-19-11-5-4-6-12-19/h4-8,10-15,24H,3,9,16-17H2,1-2H3,(H,25,26,27). The molecule has 3 rings (SSSR count). The molecule has 0 spiro atoms. The summed E-state index contributed by atoms with van der Waals surface area (Å²) in [6.07, 6.45) is 1.87. The molecule has 2 N–H and O–H groups in total. The van der Waals surface area contributed by atoms with Gasteiger partial charge in [0.25, 0.3) is 0 Å². The number of benzene rings is 3. The highest BCUT2D eigenvalue weighted by Gasteiger charge is 2.31. The molecule has 3 aromatic rings. The molecule has 0 saturated carbocycles. The van der Waals surface area contributed by atoms with Crippen LogP contribution in [0, 0.1) is 0 Å². The highest BCUT2D eigenvalue weighted by atomic mass is 32.2. The lowest BCUT2D eigenvalue weighted by molar-refractivity contribution is -0.479. The zero-order valence-corrected chi connectivity index (χ0v) is 17.2. The molecule has 0 fully saturated rings. The van der Waals surface area contributed by atoms with Gasteiger partial charge in [0.15, 0.2) is 0 Å². The maximum absolute atomic E-state index is 11.1. The van der Waals surface area contributed by atoms with Crippen LogP contribution in [0.4, 0.5) is 11.4 Å². The SMILES string of the molecule is CCC(C)(CCCS(=O)(=O)[O-])c1c([NH2+]c2ccccc2)ccc2ccccc12. The molecule has 0 amide bonds. The van der Waals surface area contributed by atoms with E-state index in [1.165, 1.54) is 16.3 Å². The van der Waals surface area contributed by atoms with Crippen molar-refractivity contribution < 1.29 is 18.3 Å². The van der Waals surface area contributed by atoms with E-state index in [0.29, 0.717) is 12.8 Å². The Morgan fingerprint density at radius 3 is 2.32 bits per heavy atom. The summed E-state index contributed by atoms with van der Waals surface area (Å²) in [5, 5.41) is 4.53. The van der Waals surface area contributed by atoms with Crippen LogP contribution in [0.25, 0.3) is 10.8 Å². The minimum absolute atomic E-state index is 0.230. The zero-order valence-electron chi connectivity index (χ0n) is 16.4. The summed E-state index contributed by atoms with van der Waals surface area (Å²) in [5.74, 6) is -0.314. The first kappa shape index (κ1) is 20.5. The van der Waals surface area contributed by atoms with Crippen molar-refractivity contribution in [2.75, 3.05) is 5.75 Å². The fourth-order valence-corrected chi connectivity index (χ4v) is 4.43. The predicted octanol–water partition coefficient (Wildman–Crippen LogP) is 4.36. The number of rotatable bonds is 8. The van der Waals surface area contributed by atoms with Crippen LogP contribution in [-0.4, -0.2) is 18.7 Å². The van der Waals surface area contributed by atoms with Crippen LogP contribution in [-0.2, 0) is 15.5 Å². The van der Waals surface area contributed by atoms with E-state index in [4.69, 9.17) is 0 Å². The van der Waals surface area contributed by atoms with Crippen LogP contribution < -0.4 is 5.32 Å². The van der Waals surface area contributed by atoms with Gasteiger partial charge < -0.3 is 4.55 Å². The van der Waals surface area contributed by atoms with Gasteiger partial charge in [-0.05, 0) is 53.6 Å². The van der Waals surface area contributed by atoms with E-state index >= 15 is 0 Å². The Balaban J connectivity index is 2.08.